The summed E-state index contributed by atoms with van der Waals surface area (Å²) in [4.78, 5) is 0. The van der Waals surface area contributed by atoms with Gasteiger partial charge in [-0.2, -0.15) is 0 Å². The molecule has 0 aliphatic heterocycles. The Hall–Kier alpha value is -0.820. The lowest BCUT2D eigenvalue weighted by Crippen LogP contribution is -2.14. The Labute approximate surface area is 87.3 Å². The molecule has 0 spiro atoms. The number of hydrogen-bond acceptors (Lipinski definition) is 1. The van der Waals surface area contributed by atoms with Gasteiger partial charge in [0.15, 0.2) is 0 Å². The summed E-state index contributed by atoms with van der Waals surface area (Å²) >= 11 is 0. The smallest absolute Gasteiger partial charge is 0.0300 e. The van der Waals surface area contributed by atoms with Gasteiger partial charge in [-0.1, -0.05) is 37.6 Å². The van der Waals surface area contributed by atoms with E-state index in [1.165, 1.54) is 16.7 Å². The summed E-state index contributed by atoms with van der Waals surface area (Å²) in [5.74, 6) is 0.657. The summed E-state index contributed by atoms with van der Waals surface area (Å²) in [5.41, 5.74) is 10.1. The van der Waals surface area contributed by atoms with Crippen LogP contribution in [0, 0.1) is 19.8 Å². The predicted molar refractivity (Wildman–Crippen MR) is 62.3 cm³/mol. The van der Waals surface area contributed by atoms with Crippen LogP contribution >= 0.6 is 0 Å². The highest BCUT2D eigenvalue weighted by Gasteiger charge is 2.10. The number of hydrogen-bond donors (Lipinski definition) is 1. The van der Waals surface area contributed by atoms with Crippen LogP contribution in [0.15, 0.2) is 18.2 Å². The molecule has 0 saturated carbocycles. The van der Waals surface area contributed by atoms with Gasteiger partial charge in [-0.25, -0.2) is 0 Å². The number of aryl methyl sites for hydroxylation is 2. The Balaban J connectivity index is 2.88. The average molecular weight is 191 g/mol. The Morgan fingerprint density at radius 3 is 2.43 bits per heavy atom. The van der Waals surface area contributed by atoms with E-state index < -0.39 is 0 Å². The molecule has 1 atom stereocenters. The molecule has 1 aromatic rings. The molecule has 0 heterocycles. The van der Waals surface area contributed by atoms with E-state index in [0.29, 0.717) is 5.92 Å². The van der Waals surface area contributed by atoms with E-state index in [-0.39, 0.29) is 6.04 Å². The second-order valence-electron chi connectivity index (χ2n) is 4.60. The Kier molecular flexibility index (Phi) is 3.70. The van der Waals surface area contributed by atoms with Gasteiger partial charge < -0.3 is 5.73 Å². The third-order valence-electron chi connectivity index (χ3n) is 2.56. The van der Waals surface area contributed by atoms with Crippen molar-refractivity contribution in [2.75, 3.05) is 0 Å². The summed E-state index contributed by atoms with van der Waals surface area (Å²) < 4.78 is 0. The van der Waals surface area contributed by atoms with Crippen molar-refractivity contribution in [2.45, 2.75) is 40.2 Å². The van der Waals surface area contributed by atoms with Gasteiger partial charge >= 0.3 is 0 Å². The summed E-state index contributed by atoms with van der Waals surface area (Å²) in [7, 11) is 0. The summed E-state index contributed by atoms with van der Waals surface area (Å²) in [5, 5.41) is 0. The molecule has 1 aromatic carbocycles. The summed E-state index contributed by atoms with van der Waals surface area (Å²) in [6, 6.07) is 6.70. The van der Waals surface area contributed by atoms with Crippen LogP contribution in [0.5, 0.6) is 0 Å². The predicted octanol–water partition coefficient (Wildman–Crippen LogP) is 3.35. The molecule has 0 fully saturated rings. The maximum atomic E-state index is 6.17. The summed E-state index contributed by atoms with van der Waals surface area (Å²) in [6.07, 6.45) is 1.06. The van der Waals surface area contributed by atoms with Crippen LogP contribution < -0.4 is 5.73 Å². The van der Waals surface area contributed by atoms with Gasteiger partial charge in [-0.05, 0) is 37.3 Å². The van der Waals surface area contributed by atoms with Crippen LogP contribution in [-0.2, 0) is 0 Å². The van der Waals surface area contributed by atoms with Crippen LogP contribution in [0.3, 0.4) is 0 Å². The molecule has 0 bridgehead atoms. The lowest BCUT2D eigenvalue weighted by Gasteiger charge is -2.17. The van der Waals surface area contributed by atoms with Gasteiger partial charge in [0, 0.05) is 6.04 Å². The Morgan fingerprint density at radius 1 is 1.21 bits per heavy atom. The largest absolute Gasteiger partial charge is 0.324 e. The minimum Gasteiger partial charge on any atom is -0.324 e. The average Bonchev–Trinajstić information content (AvgIpc) is 2.08. The number of rotatable bonds is 3. The van der Waals surface area contributed by atoms with Gasteiger partial charge in [-0.3, -0.25) is 0 Å². The maximum absolute atomic E-state index is 6.17. The van der Waals surface area contributed by atoms with Gasteiger partial charge in [0.1, 0.15) is 0 Å². The zero-order valence-corrected chi connectivity index (χ0v) is 9.67. The number of benzene rings is 1. The van der Waals surface area contributed by atoms with E-state index in [2.05, 4.69) is 45.9 Å². The molecule has 0 saturated heterocycles. The Morgan fingerprint density at radius 2 is 1.86 bits per heavy atom. The topological polar surface area (TPSA) is 26.0 Å². The molecule has 78 valence electrons. The molecule has 1 nitrogen and oxygen atoms in total. The van der Waals surface area contributed by atoms with Crippen molar-refractivity contribution in [3.63, 3.8) is 0 Å². The first-order valence-corrected chi connectivity index (χ1v) is 5.33. The van der Waals surface area contributed by atoms with E-state index >= 15 is 0 Å². The van der Waals surface area contributed by atoms with Crippen LogP contribution in [0.1, 0.15) is 43.0 Å². The van der Waals surface area contributed by atoms with E-state index in [4.69, 9.17) is 5.73 Å². The second kappa shape index (κ2) is 4.61. The minimum atomic E-state index is 0.190. The normalized spacial score (nSPS) is 13.3. The minimum absolute atomic E-state index is 0.190. The van der Waals surface area contributed by atoms with Crippen molar-refractivity contribution in [3.05, 3.63) is 34.9 Å². The first-order valence-electron chi connectivity index (χ1n) is 5.33. The highest BCUT2D eigenvalue weighted by molar-refractivity contribution is 5.32. The van der Waals surface area contributed by atoms with Crippen molar-refractivity contribution >= 4 is 0 Å². The SMILES string of the molecule is Cc1ccc(C)c([C@H](N)CC(C)C)c1. The molecule has 0 aliphatic carbocycles. The van der Waals surface area contributed by atoms with E-state index in [1.54, 1.807) is 0 Å². The fraction of sp³-hybridized carbons (Fsp3) is 0.538. The highest BCUT2D eigenvalue weighted by atomic mass is 14.6. The Bertz CT molecular complexity index is 302. The van der Waals surface area contributed by atoms with Crippen LogP contribution in [-0.4, -0.2) is 0 Å². The van der Waals surface area contributed by atoms with Crippen molar-refractivity contribution < 1.29 is 0 Å². The molecule has 2 N–H and O–H groups in total. The van der Waals surface area contributed by atoms with Crippen LogP contribution in [0.4, 0.5) is 0 Å². The van der Waals surface area contributed by atoms with Gasteiger partial charge in [-0.15, -0.1) is 0 Å². The van der Waals surface area contributed by atoms with E-state index in [1.807, 2.05) is 0 Å². The molecular weight excluding hydrogens is 170 g/mol. The van der Waals surface area contributed by atoms with Crippen LogP contribution in [0.25, 0.3) is 0 Å². The molecule has 14 heavy (non-hydrogen) atoms. The van der Waals surface area contributed by atoms with E-state index in [0.717, 1.165) is 6.42 Å². The molecular formula is C13H21N. The third-order valence-corrected chi connectivity index (χ3v) is 2.56. The summed E-state index contributed by atoms with van der Waals surface area (Å²) in [6.45, 7) is 8.68. The monoisotopic (exact) mass is 191 g/mol. The standard InChI is InChI=1S/C13H21N/c1-9(2)7-13(14)12-8-10(3)5-6-11(12)4/h5-6,8-9,13H,7,14H2,1-4H3/t13-/m1/s1. The zero-order chi connectivity index (χ0) is 10.7. The molecule has 1 heteroatoms. The first-order chi connectivity index (χ1) is 6.50. The lowest BCUT2D eigenvalue weighted by atomic mass is 9.93. The van der Waals surface area contributed by atoms with Crippen molar-refractivity contribution in [1.82, 2.24) is 0 Å². The van der Waals surface area contributed by atoms with Crippen molar-refractivity contribution in [1.29, 1.82) is 0 Å². The molecule has 0 aliphatic rings. The lowest BCUT2D eigenvalue weighted by molar-refractivity contribution is 0.508. The van der Waals surface area contributed by atoms with E-state index in [9.17, 15) is 0 Å². The second-order valence-corrected chi connectivity index (χ2v) is 4.60. The van der Waals surface area contributed by atoms with Crippen molar-refractivity contribution in [3.8, 4) is 0 Å². The maximum Gasteiger partial charge on any atom is 0.0300 e. The van der Waals surface area contributed by atoms with Crippen molar-refractivity contribution in [2.24, 2.45) is 11.7 Å². The first kappa shape index (κ1) is 11.3. The fourth-order valence-electron chi connectivity index (χ4n) is 1.79. The van der Waals surface area contributed by atoms with Gasteiger partial charge in [0.05, 0.1) is 0 Å². The van der Waals surface area contributed by atoms with Gasteiger partial charge in [0.2, 0.25) is 0 Å². The third kappa shape index (κ3) is 2.85. The number of nitrogens with two attached hydrogens (primary N) is 1. The molecule has 0 amide bonds. The molecule has 0 unspecified atom stereocenters. The van der Waals surface area contributed by atoms with Gasteiger partial charge in [0.25, 0.3) is 0 Å². The zero-order valence-electron chi connectivity index (χ0n) is 9.67. The fourth-order valence-corrected chi connectivity index (χ4v) is 1.79. The molecule has 0 radical (unpaired) electrons. The quantitative estimate of drug-likeness (QED) is 0.779. The molecule has 0 aromatic heterocycles. The van der Waals surface area contributed by atoms with Crippen LogP contribution in [0.2, 0.25) is 0 Å². The molecule has 1 rings (SSSR count). The highest BCUT2D eigenvalue weighted by Crippen LogP contribution is 2.22.